The van der Waals surface area contributed by atoms with Gasteiger partial charge in [0.25, 0.3) is 0 Å². The Labute approximate surface area is 171 Å². The van der Waals surface area contributed by atoms with Gasteiger partial charge in [-0.2, -0.15) is 0 Å². The Kier molecular flexibility index (Phi) is 24.9. The van der Waals surface area contributed by atoms with E-state index in [2.05, 4.69) is 6.92 Å². The minimum absolute atomic E-state index is 0.919. The zero-order valence-electron chi connectivity index (χ0n) is 18.7. The van der Waals surface area contributed by atoms with Gasteiger partial charge < -0.3 is 0 Å². The maximum Gasteiger partial charge on any atom is 0.120 e. The van der Waals surface area contributed by atoms with Crippen LogP contribution in [0, 0.1) is 0 Å². The molecule has 0 N–H and O–H groups in total. The second-order valence-corrected chi connectivity index (χ2v) is 8.54. The Morgan fingerprint density at radius 3 is 0.963 bits per heavy atom. The van der Waals surface area contributed by atoms with E-state index in [1.807, 2.05) is 5.94 Å². The average Bonchev–Trinajstić information content (AvgIpc) is 2.68. The predicted molar refractivity (Wildman–Crippen MR) is 122 cm³/mol. The van der Waals surface area contributed by atoms with Gasteiger partial charge in [-0.1, -0.05) is 142 Å². The molecule has 0 aliphatic heterocycles. The second kappa shape index (κ2) is 25.4. The van der Waals surface area contributed by atoms with E-state index in [4.69, 9.17) is 0 Å². The molecule has 0 saturated carbocycles. The van der Waals surface area contributed by atoms with Crippen LogP contribution in [0.5, 0.6) is 0 Å². The Bertz CT molecular complexity index is 303. The van der Waals surface area contributed by atoms with Crippen molar-refractivity contribution in [2.24, 2.45) is 0 Å². The Hall–Kier alpha value is -0.550. The smallest absolute Gasteiger partial charge is 0.120 e. The Morgan fingerprint density at radius 1 is 0.444 bits per heavy atom. The van der Waals surface area contributed by atoms with E-state index >= 15 is 0 Å². The number of hydrogen-bond donors (Lipinski definition) is 0. The largest absolute Gasteiger partial charge is 0.234 e. The molecule has 0 aromatic rings. The quantitative estimate of drug-likeness (QED) is 0.128. The van der Waals surface area contributed by atoms with Crippen molar-refractivity contribution in [1.82, 2.24) is 0 Å². The van der Waals surface area contributed by atoms with E-state index in [-0.39, 0.29) is 0 Å². The molecule has 1 heteroatoms. The van der Waals surface area contributed by atoms with E-state index in [1.54, 1.807) is 6.08 Å². The maximum atomic E-state index is 10.0. The minimum atomic E-state index is 0.919. The summed E-state index contributed by atoms with van der Waals surface area (Å²) >= 11 is 0. The van der Waals surface area contributed by atoms with Crippen molar-refractivity contribution in [3.05, 3.63) is 6.08 Å². The van der Waals surface area contributed by atoms with Crippen LogP contribution in [0.2, 0.25) is 0 Å². The van der Waals surface area contributed by atoms with Crippen molar-refractivity contribution >= 4 is 5.94 Å². The summed E-state index contributed by atoms with van der Waals surface area (Å²) in [5.74, 6) is 1.86. The Balaban J connectivity index is 2.98. The molecule has 0 spiro atoms. The SMILES string of the molecule is CCCCCCCCCCCCCCCCCCCCCCCCC=C=O. The average molecular weight is 379 g/mol. The summed E-state index contributed by atoms with van der Waals surface area (Å²) in [7, 11) is 0. The number of rotatable bonds is 23. The molecule has 0 bridgehead atoms. The third-order valence-corrected chi connectivity index (χ3v) is 5.79. The summed E-state index contributed by atoms with van der Waals surface area (Å²) < 4.78 is 0. The first-order valence-corrected chi connectivity index (χ1v) is 12.6. The summed E-state index contributed by atoms with van der Waals surface area (Å²) in [6.07, 6.45) is 33.8. The van der Waals surface area contributed by atoms with Gasteiger partial charge in [0.05, 0.1) is 0 Å². The summed E-state index contributed by atoms with van der Waals surface area (Å²) in [5.41, 5.74) is 0. The van der Waals surface area contributed by atoms with Gasteiger partial charge >= 0.3 is 0 Å². The zero-order chi connectivity index (χ0) is 19.7. The molecule has 27 heavy (non-hydrogen) atoms. The lowest BCUT2D eigenvalue weighted by Gasteiger charge is -2.04. The molecule has 0 aliphatic carbocycles. The van der Waals surface area contributed by atoms with Crippen LogP contribution in [-0.2, 0) is 4.79 Å². The lowest BCUT2D eigenvalue weighted by Crippen LogP contribution is -1.84. The van der Waals surface area contributed by atoms with Crippen LogP contribution in [0.15, 0.2) is 6.08 Å². The van der Waals surface area contributed by atoms with E-state index in [0.717, 1.165) is 12.8 Å². The van der Waals surface area contributed by atoms with Crippen molar-refractivity contribution in [1.29, 1.82) is 0 Å². The third-order valence-electron chi connectivity index (χ3n) is 5.79. The molecule has 0 saturated heterocycles. The van der Waals surface area contributed by atoms with Crippen molar-refractivity contribution in [3.8, 4) is 0 Å². The van der Waals surface area contributed by atoms with Crippen LogP contribution in [0.25, 0.3) is 0 Å². The monoisotopic (exact) mass is 378 g/mol. The molecule has 0 amide bonds. The zero-order valence-corrected chi connectivity index (χ0v) is 18.7. The first-order chi connectivity index (χ1) is 13.4. The van der Waals surface area contributed by atoms with Gasteiger partial charge in [0.1, 0.15) is 5.94 Å². The van der Waals surface area contributed by atoms with Crippen LogP contribution in [0.1, 0.15) is 155 Å². The normalized spacial score (nSPS) is 10.9. The number of hydrogen-bond acceptors (Lipinski definition) is 1. The number of allylic oxidation sites excluding steroid dienone is 1. The van der Waals surface area contributed by atoms with Crippen LogP contribution in [0.3, 0.4) is 0 Å². The molecule has 160 valence electrons. The molecule has 0 aromatic heterocycles. The van der Waals surface area contributed by atoms with Crippen LogP contribution >= 0.6 is 0 Å². The lowest BCUT2D eigenvalue weighted by molar-refractivity contribution is 0.519. The van der Waals surface area contributed by atoms with Crippen molar-refractivity contribution in [2.75, 3.05) is 0 Å². The van der Waals surface area contributed by atoms with Gasteiger partial charge in [-0.25, -0.2) is 4.79 Å². The van der Waals surface area contributed by atoms with Crippen LogP contribution < -0.4 is 0 Å². The minimum Gasteiger partial charge on any atom is -0.234 e. The molecular formula is C26H50O. The van der Waals surface area contributed by atoms with Crippen LogP contribution in [0.4, 0.5) is 0 Å². The summed E-state index contributed by atoms with van der Waals surface area (Å²) in [5, 5.41) is 0. The molecule has 0 radical (unpaired) electrons. The standard InChI is InChI=1S/C26H50O/c1-2-3-4-5-6-7-8-9-10-11-12-13-14-15-16-17-18-19-20-21-22-23-24-25-26-27/h25H,2-24H2,1H3. The molecule has 0 aliphatic rings. The molecule has 0 rings (SSSR count). The molecule has 0 fully saturated rings. The second-order valence-electron chi connectivity index (χ2n) is 8.54. The van der Waals surface area contributed by atoms with Crippen molar-refractivity contribution < 1.29 is 4.79 Å². The molecule has 0 unspecified atom stereocenters. The van der Waals surface area contributed by atoms with Gasteiger partial charge in [0, 0.05) is 0 Å². The van der Waals surface area contributed by atoms with Gasteiger partial charge in [-0.05, 0) is 18.9 Å². The van der Waals surface area contributed by atoms with Gasteiger partial charge in [0.15, 0.2) is 0 Å². The van der Waals surface area contributed by atoms with E-state index in [1.165, 1.54) is 135 Å². The van der Waals surface area contributed by atoms with Crippen molar-refractivity contribution in [3.63, 3.8) is 0 Å². The fourth-order valence-electron chi connectivity index (χ4n) is 3.91. The number of carbonyl (C=O) groups excluding carboxylic acids is 1. The van der Waals surface area contributed by atoms with Gasteiger partial charge in [0.2, 0.25) is 0 Å². The van der Waals surface area contributed by atoms with E-state index in [9.17, 15) is 4.79 Å². The highest BCUT2D eigenvalue weighted by Gasteiger charge is 1.95. The summed E-state index contributed by atoms with van der Waals surface area (Å²) in [4.78, 5) is 10.0. The lowest BCUT2D eigenvalue weighted by atomic mass is 10.0. The molecule has 0 atom stereocenters. The highest BCUT2D eigenvalue weighted by molar-refractivity contribution is 5.44. The number of unbranched alkanes of at least 4 members (excludes halogenated alkanes) is 22. The molecule has 1 nitrogen and oxygen atoms in total. The molecular weight excluding hydrogens is 328 g/mol. The van der Waals surface area contributed by atoms with Crippen molar-refractivity contribution in [2.45, 2.75) is 155 Å². The topological polar surface area (TPSA) is 17.1 Å². The fourth-order valence-corrected chi connectivity index (χ4v) is 3.91. The van der Waals surface area contributed by atoms with Gasteiger partial charge in [-0.3, -0.25) is 0 Å². The summed E-state index contributed by atoms with van der Waals surface area (Å²) in [6, 6.07) is 0. The third kappa shape index (κ3) is 25.5. The first-order valence-electron chi connectivity index (χ1n) is 12.6. The Morgan fingerprint density at radius 2 is 0.704 bits per heavy atom. The van der Waals surface area contributed by atoms with E-state index in [0.29, 0.717) is 0 Å². The highest BCUT2D eigenvalue weighted by Crippen LogP contribution is 2.15. The van der Waals surface area contributed by atoms with E-state index < -0.39 is 0 Å². The first kappa shape index (κ1) is 26.4. The van der Waals surface area contributed by atoms with Gasteiger partial charge in [-0.15, -0.1) is 0 Å². The summed E-state index contributed by atoms with van der Waals surface area (Å²) in [6.45, 7) is 2.29. The predicted octanol–water partition coefficient (Wildman–Crippen LogP) is 9.37. The fraction of sp³-hybridized carbons (Fsp3) is 0.923. The molecule has 0 aromatic carbocycles. The highest BCUT2D eigenvalue weighted by atomic mass is 16.1. The van der Waals surface area contributed by atoms with Crippen LogP contribution in [-0.4, -0.2) is 5.94 Å². The maximum absolute atomic E-state index is 10.0. The molecule has 0 heterocycles.